The predicted molar refractivity (Wildman–Crippen MR) is 80.3 cm³/mol. The maximum Gasteiger partial charge on any atom is 0.310 e. The fourth-order valence-corrected chi connectivity index (χ4v) is 2.16. The van der Waals surface area contributed by atoms with Crippen molar-refractivity contribution in [3.63, 3.8) is 0 Å². The number of alkyl halides is 1. The van der Waals surface area contributed by atoms with Gasteiger partial charge in [0.05, 0.1) is 11.5 Å². The van der Waals surface area contributed by atoms with Gasteiger partial charge in [0.1, 0.15) is 0 Å². The zero-order valence-electron chi connectivity index (χ0n) is 11.6. The molecule has 0 fully saturated rings. The highest BCUT2D eigenvalue weighted by Gasteiger charge is 2.20. The highest BCUT2D eigenvalue weighted by atomic mass is 79.9. The molecule has 0 aliphatic rings. The quantitative estimate of drug-likeness (QED) is 0.415. The Balaban J connectivity index is 3.06. The van der Waals surface area contributed by atoms with Crippen LogP contribution in [0.5, 0.6) is 5.75 Å². The van der Waals surface area contributed by atoms with E-state index in [-0.39, 0.29) is 11.6 Å². The van der Waals surface area contributed by atoms with Gasteiger partial charge in [-0.1, -0.05) is 42.8 Å². The maximum atomic E-state index is 11.0. The fraction of sp³-hybridized carbons (Fsp3) is 0.571. The summed E-state index contributed by atoms with van der Waals surface area (Å²) >= 11 is 3.63. The van der Waals surface area contributed by atoms with Crippen LogP contribution in [0, 0.1) is 10.1 Å². The second-order valence-corrected chi connectivity index (χ2v) is 5.72. The van der Waals surface area contributed by atoms with E-state index in [1.54, 1.807) is 6.07 Å². The minimum atomic E-state index is -0.398. The second kappa shape index (κ2) is 7.48. The molecular weight excluding hydrogens is 310 g/mol. The van der Waals surface area contributed by atoms with Crippen LogP contribution in [0.25, 0.3) is 0 Å². The third kappa shape index (κ3) is 4.20. The zero-order chi connectivity index (χ0) is 14.4. The first-order valence-electron chi connectivity index (χ1n) is 6.56. The monoisotopic (exact) mass is 329 g/mol. The molecule has 106 valence electrons. The molecule has 0 radical (unpaired) electrons. The van der Waals surface area contributed by atoms with Crippen LogP contribution in [0.2, 0.25) is 0 Å². The number of rotatable bonds is 7. The maximum absolute atomic E-state index is 11.0. The van der Waals surface area contributed by atoms with Gasteiger partial charge in [0, 0.05) is 10.9 Å². The molecule has 0 aliphatic heterocycles. The van der Waals surface area contributed by atoms with Crippen LogP contribution in [0.3, 0.4) is 0 Å². The Morgan fingerprint density at radius 1 is 1.42 bits per heavy atom. The van der Waals surface area contributed by atoms with Gasteiger partial charge in [-0.25, -0.2) is 0 Å². The van der Waals surface area contributed by atoms with Gasteiger partial charge in [-0.15, -0.1) is 0 Å². The van der Waals surface area contributed by atoms with Gasteiger partial charge in [-0.2, -0.15) is 0 Å². The molecule has 0 bridgehead atoms. The summed E-state index contributed by atoms with van der Waals surface area (Å²) in [4.78, 5) is 10.9. The van der Waals surface area contributed by atoms with E-state index in [1.807, 2.05) is 13.0 Å². The molecule has 1 aromatic rings. The first-order chi connectivity index (χ1) is 9.01. The molecule has 0 N–H and O–H groups in total. The molecule has 0 heterocycles. The van der Waals surface area contributed by atoms with Gasteiger partial charge in [-0.3, -0.25) is 10.1 Å². The average molecular weight is 330 g/mol. The van der Waals surface area contributed by atoms with Crippen molar-refractivity contribution >= 4 is 21.6 Å². The summed E-state index contributed by atoms with van der Waals surface area (Å²) in [7, 11) is 0. The number of nitrogens with zero attached hydrogens (tertiary/aromatic N) is 1. The Morgan fingerprint density at radius 3 is 2.63 bits per heavy atom. The second-order valence-electron chi connectivity index (χ2n) is 4.55. The third-order valence-corrected chi connectivity index (χ3v) is 4.54. The Morgan fingerprint density at radius 2 is 2.11 bits per heavy atom. The molecule has 1 rings (SSSR count). The van der Waals surface area contributed by atoms with Crippen molar-refractivity contribution < 1.29 is 9.66 Å². The van der Waals surface area contributed by atoms with Gasteiger partial charge in [0.25, 0.3) is 0 Å². The van der Waals surface area contributed by atoms with Crippen LogP contribution in [0.1, 0.15) is 45.1 Å². The number of ether oxygens (including phenoxy) is 1. The number of nitro benzene ring substituents is 1. The lowest BCUT2D eigenvalue weighted by Crippen LogP contribution is -2.08. The van der Waals surface area contributed by atoms with E-state index in [2.05, 4.69) is 29.8 Å². The standard InChI is InChI=1S/C14H20BrNO3/c1-4-8-19-14-9-11(10(3)12(15)5-2)6-7-13(14)16(17)18/h6-7,9-10,12H,4-5,8H2,1-3H3. The summed E-state index contributed by atoms with van der Waals surface area (Å²) < 4.78 is 5.49. The smallest absolute Gasteiger partial charge is 0.310 e. The van der Waals surface area contributed by atoms with Crippen molar-refractivity contribution in [2.75, 3.05) is 6.61 Å². The van der Waals surface area contributed by atoms with Crippen LogP contribution in [-0.2, 0) is 0 Å². The molecule has 4 nitrogen and oxygen atoms in total. The van der Waals surface area contributed by atoms with Gasteiger partial charge in [-0.05, 0) is 30.4 Å². The van der Waals surface area contributed by atoms with E-state index in [0.29, 0.717) is 17.2 Å². The van der Waals surface area contributed by atoms with Gasteiger partial charge in [0.15, 0.2) is 5.75 Å². The van der Waals surface area contributed by atoms with Crippen LogP contribution < -0.4 is 4.74 Å². The van der Waals surface area contributed by atoms with Crippen molar-refractivity contribution in [2.24, 2.45) is 0 Å². The van der Waals surface area contributed by atoms with E-state index >= 15 is 0 Å². The molecule has 2 unspecified atom stereocenters. The lowest BCUT2D eigenvalue weighted by molar-refractivity contribution is -0.385. The Labute approximate surface area is 122 Å². The average Bonchev–Trinajstić information content (AvgIpc) is 2.42. The first kappa shape index (κ1) is 16.0. The van der Waals surface area contributed by atoms with Crippen molar-refractivity contribution in [3.8, 4) is 5.75 Å². The molecule has 19 heavy (non-hydrogen) atoms. The number of halogens is 1. The molecule has 0 aliphatic carbocycles. The van der Waals surface area contributed by atoms with E-state index < -0.39 is 4.92 Å². The van der Waals surface area contributed by atoms with Gasteiger partial charge >= 0.3 is 5.69 Å². The predicted octanol–water partition coefficient (Wildman–Crippen LogP) is 4.66. The molecule has 2 atom stereocenters. The Kier molecular flexibility index (Phi) is 6.28. The van der Waals surface area contributed by atoms with Crippen LogP contribution in [-0.4, -0.2) is 16.4 Å². The number of nitro groups is 1. The van der Waals surface area contributed by atoms with Crippen molar-refractivity contribution in [1.82, 2.24) is 0 Å². The zero-order valence-corrected chi connectivity index (χ0v) is 13.1. The highest BCUT2D eigenvalue weighted by molar-refractivity contribution is 9.09. The highest BCUT2D eigenvalue weighted by Crippen LogP contribution is 2.34. The Bertz CT molecular complexity index is 437. The lowest BCUT2D eigenvalue weighted by Gasteiger charge is -2.18. The summed E-state index contributed by atoms with van der Waals surface area (Å²) in [6.45, 7) is 6.68. The summed E-state index contributed by atoms with van der Waals surface area (Å²) in [6, 6.07) is 5.14. The minimum absolute atomic E-state index is 0.0343. The van der Waals surface area contributed by atoms with E-state index in [0.717, 1.165) is 18.4 Å². The molecule has 0 aromatic heterocycles. The third-order valence-electron chi connectivity index (χ3n) is 3.10. The molecule has 0 spiro atoms. The van der Waals surface area contributed by atoms with Crippen LogP contribution >= 0.6 is 15.9 Å². The topological polar surface area (TPSA) is 52.4 Å². The number of hydrogen-bond donors (Lipinski definition) is 0. The first-order valence-corrected chi connectivity index (χ1v) is 7.48. The Hall–Kier alpha value is -1.10. The molecule has 1 aromatic carbocycles. The molecule has 5 heteroatoms. The largest absolute Gasteiger partial charge is 0.487 e. The normalized spacial score (nSPS) is 13.9. The number of hydrogen-bond acceptors (Lipinski definition) is 3. The number of benzene rings is 1. The van der Waals surface area contributed by atoms with E-state index in [1.165, 1.54) is 6.07 Å². The molecule has 0 amide bonds. The van der Waals surface area contributed by atoms with Crippen molar-refractivity contribution in [1.29, 1.82) is 0 Å². The van der Waals surface area contributed by atoms with E-state index in [4.69, 9.17) is 4.74 Å². The molecule has 0 saturated heterocycles. The molecular formula is C14H20BrNO3. The van der Waals surface area contributed by atoms with Gasteiger partial charge in [0.2, 0.25) is 0 Å². The SMILES string of the molecule is CCCOc1cc(C(C)C(Br)CC)ccc1[N+](=O)[O-]. The van der Waals surface area contributed by atoms with Gasteiger partial charge < -0.3 is 4.74 Å². The summed E-state index contributed by atoms with van der Waals surface area (Å²) in [5.41, 5.74) is 1.09. The van der Waals surface area contributed by atoms with Crippen LogP contribution in [0.15, 0.2) is 18.2 Å². The van der Waals surface area contributed by atoms with E-state index in [9.17, 15) is 10.1 Å². The minimum Gasteiger partial charge on any atom is -0.487 e. The fourth-order valence-electron chi connectivity index (χ4n) is 1.85. The summed E-state index contributed by atoms with van der Waals surface area (Å²) in [5.74, 6) is 0.654. The van der Waals surface area contributed by atoms with Crippen LogP contribution in [0.4, 0.5) is 5.69 Å². The molecule has 0 saturated carbocycles. The lowest BCUT2D eigenvalue weighted by atomic mass is 9.96. The summed E-state index contributed by atoms with van der Waals surface area (Å²) in [5, 5.41) is 11.0. The van der Waals surface area contributed by atoms with Crippen molar-refractivity contribution in [3.05, 3.63) is 33.9 Å². The van der Waals surface area contributed by atoms with Crippen molar-refractivity contribution in [2.45, 2.75) is 44.4 Å². The summed E-state index contributed by atoms with van der Waals surface area (Å²) in [6.07, 6.45) is 1.83.